The molecular formula is C13H7ClN4O4. The van der Waals surface area contributed by atoms with Crippen LogP contribution in [0.3, 0.4) is 0 Å². The number of aromatic nitrogens is 2. The molecule has 1 aromatic carbocycles. The number of aliphatic carboxylic acids is 1. The van der Waals surface area contributed by atoms with Crippen LogP contribution >= 0.6 is 11.6 Å². The predicted octanol–water partition coefficient (Wildman–Crippen LogP) is 1.82. The molecule has 1 heterocycles. The van der Waals surface area contributed by atoms with E-state index in [2.05, 4.69) is 15.3 Å². The number of rotatable bonds is 3. The normalized spacial score (nSPS) is 9.64. The van der Waals surface area contributed by atoms with Crippen LogP contribution in [0.4, 0.5) is 5.69 Å². The van der Waals surface area contributed by atoms with Gasteiger partial charge < -0.3 is 15.2 Å². The van der Waals surface area contributed by atoms with Gasteiger partial charge in [0, 0.05) is 0 Å². The standard InChI is InChI=1S/C13H7ClN4O4/c14-13-16-6-8(17-10(19)12(20)21)11(18-13)22-9-4-2-1-3-7(9)5-15/h1-4,6H,(H,17,19)(H,20,21). The molecule has 0 atom stereocenters. The van der Waals surface area contributed by atoms with Gasteiger partial charge in [-0.15, -0.1) is 0 Å². The minimum Gasteiger partial charge on any atom is -0.474 e. The highest BCUT2D eigenvalue weighted by molar-refractivity contribution is 6.36. The number of para-hydroxylation sites is 1. The highest BCUT2D eigenvalue weighted by Gasteiger charge is 2.17. The number of hydrogen-bond donors (Lipinski definition) is 2. The first-order valence-corrected chi connectivity index (χ1v) is 6.13. The van der Waals surface area contributed by atoms with Crippen molar-refractivity contribution in [1.29, 1.82) is 5.26 Å². The Bertz CT molecular complexity index is 788. The van der Waals surface area contributed by atoms with Crippen LogP contribution < -0.4 is 10.1 Å². The van der Waals surface area contributed by atoms with Crippen molar-refractivity contribution in [1.82, 2.24) is 9.97 Å². The molecule has 0 aliphatic rings. The molecule has 0 aliphatic carbocycles. The summed E-state index contributed by atoms with van der Waals surface area (Å²) in [4.78, 5) is 29.2. The van der Waals surface area contributed by atoms with Crippen LogP contribution in [0.5, 0.6) is 11.6 Å². The summed E-state index contributed by atoms with van der Waals surface area (Å²) >= 11 is 5.66. The fourth-order valence-electron chi connectivity index (χ4n) is 1.44. The van der Waals surface area contributed by atoms with Gasteiger partial charge in [0.15, 0.2) is 0 Å². The van der Waals surface area contributed by atoms with Crippen LogP contribution in [0.25, 0.3) is 0 Å². The largest absolute Gasteiger partial charge is 0.474 e. The molecule has 0 saturated heterocycles. The van der Waals surface area contributed by atoms with E-state index in [1.807, 2.05) is 6.07 Å². The summed E-state index contributed by atoms with van der Waals surface area (Å²) in [6.07, 6.45) is 1.10. The molecule has 0 spiro atoms. The number of ether oxygens (including phenoxy) is 1. The van der Waals surface area contributed by atoms with Crippen LogP contribution in [0.1, 0.15) is 5.56 Å². The lowest BCUT2D eigenvalue weighted by molar-refractivity contribution is -0.147. The van der Waals surface area contributed by atoms with Crippen molar-refractivity contribution in [2.75, 3.05) is 5.32 Å². The summed E-state index contributed by atoms with van der Waals surface area (Å²) in [6, 6.07) is 8.24. The Balaban J connectivity index is 2.37. The van der Waals surface area contributed by atoms with Crippen molar-refractivity contribution < 1.29 is 19.4 Å². The number of nitrogens with one attached hydrogen (secondary N) is 1. The number of anilines is 1. The maximum atomic E-state index is 11.2. The number of halogens is 1. The Morgan fingerprint density at radius 2 is 2.09 bits per heavy atom. The van der Waals surface area contributed by atoms with Crippen molar-refractivity contribution in [2.45, 2.75) is 0 Å². The first-order chi connectivity index (χ1) is 10.5. The zero-order chi connectivity index (χ0) is 16.1. The average Bonchev–Trinajstić information content (AvgIpc) is 2.50. The number of hydrogen-bond acceptors (Lipinski definition) is 6. The van der Waals surface area contributed by atoms with Crippen molar-refractivity contribution in [3.8, 4) is 17.7 Å². The molecule has 8 nitrogen and oxygen atoms in total. The van der Waals surface area contributed by atoms with Gasteiger partial charge in [0.25, 0.3) is 0 Å². The Morgan fingerprint density at radius 1 is 1.36 bits per heavy atom. The van der Waals surface area contributed by atoms with Gasteiger partial charge in [-0.3, -0.25) is 4.79 Å². The number of nitrogens with zero attached hydrogens (tertiary/aromatic N) is 3. The maximum absolute atomic E-state index is 11.2. The second-order valence-corrected chi connectivity index (χ2v) is 4.17. The third-order valence-corrected chi connectivity index (χ3v) is 2.56. The summed E-state index contributed by atoms with van der Waals surface area (Å²) in [5.41, 5.74) is 0.136. The van der Waals surface area contributed by atoms with Crippen LogP contribution in [-0.2, 0) is 9.59 Å². The zero-order valence-electron chi connectivity index (χ0n) is 10.8. The molecule has 2 N–H and O–H groups in total. The number of carbonyl (C=O) groups is 2. The first kappa shape index (κ1) is 15.2. The van der Waals surface area contributed by atoms with E-state index < -0.39 is 11.9 Å². The highest BCUT2D eigenvalue weighted by Crippen LogP contribution is 2.29. The summed E-state index contributed by atoms with van der Waals surface area (Å²) in [5, 5.41) is 19.5. The SMILES string of the molecule is N#Cc1ccccc1Oc1nc(Cl)ncc1NC(=O)C(=O)O. The number of nitriles is 1. The smallest absolute Gasteiger partial charge is 0.394 e. The summed E-state index contributed by atoms with van der Waals surface area (Å²) in [6.45, 7) is 0. The van der Waals surface area contributed by atoms with Crippen molar-refractivity contribution in [3.05, 3.63) is 41.3 Å². The molecular weight excluding hydrogens is 312 g/mol. The van der Waals surface area contributed by atoms with Crippen LogP contribution in [-0.4, -0.2) is 27.0 Å². The molecule has 0 bridgehead atoms. The van der Waals surface area contributed by atoms with Crippen LogP contribution in [0, 0.1) is 11.3 Å². The lowest BCUT2D eigenvalue weighted by Crippen LogP contribution is -2.22. The number of carboxylic acid groups (broad SMARTS) is 1. The fraction of sp³-hybridized carbons (Fsp3) is 0. The minimum absolute atomic E-state index is 0.0930. The summed E-state index contributed by atoms with van der Waals surface area (Å²) in [5.74, 6) is -2.98. The van der Waals surface area contributed by atoms with E-state index in [1.54, 1.807) is 12.1 Å². The third-order valence-electron chi connectivity index (χ3n) is 2.38. The maximum Gasteiger partial charge on any atom is 0.394 e. The number of carbonyl (C=O) groups excluding carboxylic acids is 1. The summed E-state index contributed by atoms with van der Waals surface area (Å²) in [7, 11) is 0. The van der Waals surface area contributed by atoms with E-state index in [0.717, 1.165) is 6.20 Å². The molecule has 0 fully saturated rings. The average molecular weight is 319 g/mol. The molecule has 0 radical (unpaired) electrons. The fourth-order valence-corrected chi connectivity index (χ4v) is 1.56. The van der Waals surface area contributed by atoms with Crippen molar-refractivity contribution >= 4 is 29.2 Å². The molecule has 0 unspecified atom stereocenters. The highest BCUT2D eigenvalue weighted by atomic mass is 35.5. The van der Waals surface area contributed by atoms with E-state index in [4.69, 9.17) is 26.7 Å². The third kappa shape index (κ3) is 3.47. The monoisotopic (exact) mass is 318 g/mol. The molecule has 1 amide bonds. The Morgan fingerprint density at radius 3 is 2.77 bits per heavy atom. The van der Waals surface area contributed by atoms with E-state index in [0.29, 0.717) is 0 Å². The van der Waals surface area contributed by atoms with E-state index in [1.165, 1.54) is 12.1 Å². The predicted molar refractivity (Wildman–Crippen MR) is 74.5 cm³/mol. The van der Waals surface area contributed by atoms with E-state index >= 15 is 0 Å². The molecule has 0 saturated carbocycles. The molecule has 2 rings (SSSR count). The quantitative estimate of drug-likeness (QED) is 0.653. The number of amides is 1. The van der Waals surface area contributed by atoms with Gasteiger partial charge in [0.05, 0.1) is 11.8 Å². The lowest BCUT2D eigenvalue weighted by Gasteiger charge is -2.10. The summed E-state index contributed by atoms with van der Waals surface area (Å²) < 4.78 is 5.43. The minimum atomic E-state index is -1.68. The van der Waals surface area contributed by atoms with Gasteiger partial charge in [-0.1, -0.05) is 12.1 Å². The van der Waals surface area contributed by atoms with Gasteiger partial charge in [-0.2, -0.15) is 10.2 Å². The molecule has 9 heteroatoms. The first-order valence-electron chi connectivity index (χ1n) is 5.75. The van der Waals surface area contributed by atoms with Gasteiger partial charge in [0.1, 0.15) is 17.5 Å². The Kier molecular flexibility index (Phi) is 4.50. The van der Waals surface area contributed by atoms with Gasteiger partial charge in [0.2, 0.25) is 11.2 Å². The van der Waals surface area contributed by atoms with Gasteiger partial charge >= 0.3 is 11.9 Å². The molecule has 22 heavy (non-hydrogen) atoms. The molecule has 0 aliphatic heterocycles. The van der Waals surface area contributed by atoms with Gasteiger partial charge in [-0.25, -0.2) is 9.78 Å². The topological polar surface area (TPSA) is 125 Å². The van der Waals surface area contributed by atoms with Crippen molar-refractivity contribution in [2.24, 2.45) is 0 Å². The van der Waals surface area contributed by atoms with Gasteiger partial charge in [-0.05, 0) is 23.7 Å². The van der Waals surface area contributed by atoms with E-state index in [9.17, 15) is 9.59 Å². The number of benzene rings is 1. The van der Waals surface area contributed by atoms with Crippen LogP contribution in [0.2, 0.25) is 5.28 Å². The molecule has 1 aromatic heterocycles. The zero-order valence-corrected chi connectivity index (χ0v) is 11.5. The second kappa shape index (κ2) is 6.51. The van der Waals surface area contributed by atoms with E-state index in [-0.39, 0.29) is 28.2 Å². The molecule has 2 aromatic rings. The number of carboxylic acids is 1. The Hall–Kier alpha value is -3.18. The second-order valence-electron chi connectivity index (χ2n) is 3.83. The molecule has 110 valence electrons. The Labute approximate surface area is 128 Å². The van der Waals surface area contributed by atoms with Crippen molar-refractivity contribution in [3.63, 3.8) is 0 Å². The van der Waals surface area contributed by atoms with Crippen LogP contribution in [0.15, 0.2) is 30.5 Å². The lowest BCUT2D eigenvalue weighted by atomic mass is 10.2.